The van der Waals surface area contributed by atoms with Crippen molar-refractivity contribution in [3.8, 4) is 0 Å². The van der Waals surface area contributed by atoms with Crippen LogP contribution in [0.4, 0.5) is 4.39 Å². The Morgan fingerprint density at radius 1 is 1.15 bits per heavy atom. The SMILES string of the molecule is CCN(Cc1cccc(F)c1)C(=O)c1ccc(S(=O)(=O)N(C)OC)cc1. The van der Waals surface area contributed by atoms with Gasteiger partial charge in [0.05, 0.1) is 12.0 Å². The van der Waals surface area contributed by atoms with E-state index in [0.29, 0.717) is 17.7 Å². The van der Waals surface area contributed by atoms with Gasteiger partial charge in [-0.1, -0.05) is 16.6 Å². The molecule has 0 aliphatic rings. The lowest BCUT2D eigenvalue weighted by molar-refractivity contribution is -0.0258. The van der Waals surface area contributed by atoms with Gasteiger partial charge in [-0.2, -0.15) is 0 Å². The number of sulfonamides is 1. The van der Waals surface area contributed by atoms with E-state index in [-0.39, 0.29) is 23.2 Å². The summed E-state index contributed by atoms with van der Waals surface area (Å²) in [7, 11) is -1.23. The summed E-state index contributed by atoms with van der Waals surface area (Å²) in [6, 6.07) is 11.7. The van der Waals surface area contributed by atoms with E-state index in [4.69, 9.17) is 4.84 Å². The van der Waals surface area contributed by atoms with Crippen LogP contribution in [0.15, 0.2) is 53.4 Å². The fourth-order valence-electron chi connectivity index (χ4n) is 2.38. The number of carbonyl (C=O) groups is 1. The molecule has 0 aliphatic carbocycles. The van der Waals surface area contributed by atoms with Crippen LogP contribution in [0.5, 0.6) is 0 Å². The van der Waals surface area contributed by atoms with Gasteiger partial charge in [-0.3, -0.25) is 9.63 Å². The molecule has 0 heterocycles. The van der Waals surface area contributed by atoms with E-state index >= 15 is 0 Å². The van der Waals surface area contributed by atoms with E-state index in [0.717, 1.165) is 4.47 Å². The Hall–Kier alpha value is -2.29. The van der Waals surface area contributed by atoms with Crippen LogP contribution in [-0.4, -0.2) is 44.4 Å². The highest BCUT2D eigenvalue weighted by molar-refractivity contribution is 7.89. The molecule has 6 nitrogen and oxygen atoms in total. The molecule has 140 valence electrons. The highest BCUT2D eigenvalue weighted by Gasteiger charge is 2.22. The Kier molecular flexibility index (Phi) is 6.47. The largest absolute Gasteiger partial charge is 0.335 e. The lowest BCUT2D eigenvalue weighted by Gasteiger charge is -2.21. The molecule has 0 radical (unpaired) electrons. The second kappa shape index (κ2) is 8.39. The lowest BCUT2D eigenvalue weighted by Crippen LogP contribution is -2.30. The van der Waals surface area contributed by atoms with Gasteiger partial charge in [0, 0.05) is 25.7 Å². The molecule has 8 heteroatoms. The summed E-state index contributed by atoms with van der Waals surface area (Å²) in [4.78, 5) is 19.0. The van der Waals surface area contributed by atoms with Crippen molar-refractivity contribution < 1.29 is 22.4 Å². The third kappa shape index (κ3) is 4.46. The maximum Gasteiger partial charge on any atom is 0.264 e. The zero-order chi connectivity index (χ0) is 19.3. The van der Waals surface area contributed by atoms with Gasteiger partial charge in [-0.15, -0.1) is 0 Å². The number of benzene rings is 2. The van der Waals surface area contributed by atoms with Gasteiger partial charge in [0.25, 0.3) is 15.9 Å². The topological polar surface area (TPSA) is 66.9 Å². The number of hydrogen-bond acceptors (Lipinski definition) is 4. The molecular weight excluding hydrogens is 359 g/mol. The third-order valence-corrected chi connectivity index (χ3v) is 5.62. The average Bonchev–Trinajstić information content (AvgIpc) is 2.65. The lowest BCUT2D eigenvalue weighted by atomic mass is 10.1. The standard InChI is InChI=1S/C18H21FN2O4S/c1-4-21(13-14-6-5-7-16(19)12-14)18(22)15-8-10-17(11-9-15)26(23,24)20(2)25-3/h5-12H,4,13H2,1-3H3. The Morgan fingerprint density at radius 2 is 1.81 bits per heavy atom. The van der Waals surface area contributed by atoms with Crippen LogP contribution < -0.4 is 0 Å². The van der Waals surface area contributed by atoms with Crippen molar-refractivity contribution in [2.24, 2.45) is 0 Å². The van der Waals surface area contributed by atoms with E-state index < -0.39 is 10.0 Å². The van der Waals surface area contributed by atoms with Crippen LogP contribution in [0.3, 0.4) is 0 Å². The average molecular weight is 380 g/mol. The summed E-state index contributed by atoms with van der Waals surface area (Å²) in [6.07, 6.45) is 0. The summed E-state index contributed by atoms with van der Waals surface area (Å²) in [5.74, 6) is -0.622. The van der Waals surface area contributed by atoms with E-state index in [2.05, 4.69) is 0 Å². The summed E-state index contributed by atoms with van der Waals surface area (Å²) in [5, 5.41) is 0. The first-order chi connectivity index (χ1) is 12.3. The molecule has 1 amide bonds. The minimum absolute atomic E-state index is 0.0200. The molecule has 2 aromatic rings. The first kappa shape index (κ1) is 20.0. The smallest absolute Gasteiger partial charge is 0.264 e. The van der Waals surface area contributed by atoms with Gasteiger partial charge in [0.15, 0.2) is 0 Å². The van der Waals surface area contributed by atoms with Crippen molar-refractivity contribution in [2.75, 3.05) is 20.7 Å². The van der Waals surface area contributed by atoms with E-state index in [9.17, 15) is 17.6 Å². The fraction of sp³-hybridized carbons (Fsp3) is 0.278. The molecule has 0 bridgehead atoms. The molecule has 26 heavy (non-hydrogen) atoms. The number of hydroxylamine groups is 1. The number of carbonyl (C=O) groups excluding carboxylic acids is 1. The predicted octanol–water partition coefficient (Wildman–Crippen LogP) is 2.67. The van der Waals surface area contributed by atoms with Gasteiger partial charge in [0.2, 0.25) is 0 Å². The first-order valence-electron chi connectivity index (χ1n) is 7.96. The van der Waals surface area contributed by atoms with Gasteiger partial charge in [-0.25, -0.2) is 12.8 Å². The summed E-state index contributed by atoms with van der Waals surface area (Å²) in [6.45, 7) is 2.52. The Morgan fingerprint density at radius 3 is 2.35 bits per heavy atom. The third-order valence-electron chi connectivity index (χ3n) is 3.93. The van der Waals surface area contributed by atoms with E-state index in [1.807, 2.05) is 6.92 Å². The zero-order valence-corrected chi connectivity index (χ0v) is 15.7. The molecule has 0 atom stereocenters. The van der Waals surface area contributed by atoms with Gasteiger partial charge < -0.3 is 4.90 Å². The molecule has 0 aromatic heterocycles. The number of amides is 1. The first-order valence-corrected chi connectivity index (χ1v) is 9.40. The van der Waals surface area contributed by atoms with Crippen molar-refractivity contribution in [1.29, 1.82) is 0 Å². The molecule has 0 N–H and O–H groups in total. The number of halogens is 1. The fourth-order valence-corrected chi connectivity index (χ4v) is 3.35. The number of hydrogen-bond donors (Lipinski definition) is 0. The predicted molar refractivity (Wildman–Crippen MR) is 95.2 cm³/mol. The van der Waals surface area contributed by atoms with Gasteiger partial charge >= 0.3 is 0 Å². The molecule has 0 aliphatic heterocycles. The quantitative estimate of drug-likeness (QED) is 0.693. The molecular formula is C18H21FN2O4S. The van der Waals surface area contributed by atoms with E-state index in [1.54, 1.807) is 17.0 Å². The highest BCUT2D eigenvalue weighted by Crippen LogP contribution is 2.17. The number of rotatable bonds is 7. The van der Waals surface area contributed by atoms with Crippen LogP contribution in [0.25, 0.3) is 0 Å². The maximum absolute atomic E-state index is 13.3. The second-order valence-corrected chi connectivity index (χ2v) is 7.51. The van der Waals surface area contributed by atoms with Crippen LogP contribution in [0.2, 0.25) is 0 Å². The molecule has 2 aromatic carbocycles. The molecule has 2 rings (SSSR count). The van der Waals surface area contributed by atoms with Crippen molar-refractivity contribution in [3.63, 3.8) is 0 Å². The molecule has 0 spiro atoms. The Balaban J connectivity index is 2.20. The van der Waals surface area contributed by atoms with Gasteiger partial charge in [-0.05, 0) is 48.9 Å². The van der Waals surface area contributed by atoms with Crippen LogP contribution in [0, 0.1) is 5.82 Å². The van der Waals surface area contributed by atoms with Crippen LogP contribution in [-0.2, 0) is 21.4 Å². The van der Waals surface area contributed by atoms with Crippen LogP contribution >= 0.6 is 0 Å². The minimum atomic E-state index is -3.77. The molecule has 0 fully saturated rings. The summed E-state index contributed by atoms with van der Waals surface area (Å²) >= 11 is 0. The van der Waals surface area contributed by atoms with Crippen molar-refractivity contribution in [3.05, 3.63) is 65.5 Å². The van der Waals surface area contributed by atoms with Crippen molar-refractivity contribution in [1.82, 2.24) is 9.37 Å². The Bertz CT molecular complexity index is 869. The van der Waals surface area contributed by atoms with Crippen molar-refractivity contribution >= 4 is 15.9 Å². The summed E-state index contributed by atoms with van der Waals surface area (Å²) in [5.41, 5.74) is 1.03. The minimum Gasteiger partial charge on any atom is -0.335 e. The van der Waals surface area contributed by atoms with Gasteiger partial charge in [0.1, 0.15) is 5.82 Å². The molecule has 0 saturated carbocycles. The molecule has 0 saturated heterocycles. The zero-order valence-electron chi connectivity index (χ0n) is 14.8. The second-order valence-electron chi connectivity index (χ2n) is 5.57. The van der Waals surface area contributed by atoms with Crippen molar-refractivity contribution in [2.45, 2.75) is 18.4 Å². The maximum atomic E-state index is 13.3. The summed E-state index contributed by atoms with van der Waals surface area (Å²) < 4.78 is 38.4. The van der Waals surface area contributed by atoms with E-state index in [1.165, 1.54) is 50.6 Å². The highest BCUT2D eigenvalue weighted by atomic mass is 32.2. The van der Waals surface area contributed by atoms with Crippen LogP contribution in [0.1, 0.15) is 22.8 Å². The number of nitrogens with zero attached hydrogens (tertiary/aromatic N) is 2. The monoisotopic (exact) mass is 380 g/mol. The molecule has 0 unspecified atom stereocenters. The Labute approximate surface area is 152 Å². The normalized spacial score (nSPS) is 11.6.